The van der Waals surface area contributed by atoms with Gasteiger partial charge in [0.2, 0.25) is 21.8 Å². The Kier molecular flexibility index (Phi) is 24.7. The molecule has 25 nitrogen and oxygen atoms in total. The van der Waals surface area contributed by atoms with E-state index in [2.05, 4.69) is 64.1 Å². The molecule has 2 radical (unpaired) electrons. The van der Waals surface area contributed by atoms with Gasteiger partial charge >= 0.3 is 5.97 Å². The molecule has 0 fully saturated rings. The maximum Gasteiger partial charge on any atom is 0.338 e. The Morgan fingerprint density at radius 3 is 1.33 bits per heavy atom. The van der Waals surface area contributed by atoms with Gasteiger partial charge in [0.15, 0.2) is 11.6 Å². The van der Waals surface area contributed by atoms with Crippen molar-refractivity contribution in [1.29, 1.82) is 0 Å². The molecular weight excluding hydrogens is 1480 g/mol. The number of halogens is 4. The fraction of sp³-hybridized carbons (Fsp3) is 0.386. The zero-order valence-corrected chi connectivity index (χ0v) is 55.1. The Bertz CT molecular complexity index is 3540. The number of aryl methyl sites for hydroxylation is 6. The molecule has 7 heterocycles. The number of aromatic nitrogens is 12. The van der Waals surface area contributed by atoms with Crippen molar-refractivity contribution < 1.29 is 83.3 Å². The van der Waals surface area contributed by atoms with Crippen LogP contribution in [0.4, 0.5) is 0 Å². The van der Waals surface area contributed by atoms with Gasteiger partial charge in [-0.3, -0.25) is 18.8 Å². The molecule has 34 heteroatoms. The summed E-state index contributed by atoms with van der Waals surface area (Å²) in [5, 5.41) is 33.7. The van der Waals surface area contributed by atoms with E-state index in [1.807, 2.05) is 25.5 Å². The first-order chi connectivity index (χ1) is 35.9. The van der Waals surface area contributed by atoms with Crippen molar-refractivity contribution in [1.82, 2.24) is 63.6 Å². The largest absolute Gasteiger partial charge is 0.478 e. The summed E-state index contributed by atoms with van der Waals surface area (Å²) in [5.41, 5.74) is 0.996. The maximum absolute atomic E-state index is 12.5. The third kappa shape index (κ3) is 22.2. The van der Waals surface area contributed by atoms with Gasteiger partial charge in [0.05, 0.1) is 49.3 Å². The second kappa shape index (κ2) is 29.2. The SMILES string of the molecule is CC(C)(C)COc1ccn(-c2ccc(C(=O)O)c(Cl)n2)n1.Cc1nn(C)cc1S(=O)(=O)Cl.Cc1nn(C)cc1S(=O)(=O)NC(=O)c1ccc(-n2ccc(OCC(C)(C)C)n2)nc1Cl.Cc1nn(C)cc1S(N)(=O)=O.[2H]C([2H])([B])I.[U]. The number of hydrogen-bond donors (Lipinski definition) is 3. The molecule has 0 bridgehead atoms. The van der Waals surface area contributed by atoms with Crippen LogP contribution in [0.1, 0.15) is 82.1 Å². The smallest absolute Gasteiger partial charge is 0.338 e. The number of nitrogens with one attached hydrogen (secondary N) is 1. The molecule has 422 valence electrons. The fourth-order valence-electron chi connectivity index (χ4n) is 5.79. The zero-order valence-electron chi connectivity index (χ0n) is 46.1. The Morgan fingerprint density at radius 2 is 1.05 bits per heavy atom. The van der Waals surface area contributed by atoms with Crippen LogP contribution in [0.3, 0.4) is 0 Å². The minimum Gasteiger partial charge on any atom is -0.478 e. The third-order valence-corrected chi connectivity index (χ3v) is 13.5. The second-order valence-corrected chi connectivity index (χ2v) is 25.6. The number of hydrogen-bond acceptors (Lipinski definition) is 17. The first kappa shape index (κ1) is 65.9. The number of pyridine rings is 2. The van der Waals surface area contributed by atoms with Gasteiger partial charge in [-0.15, -0.1) is 10.2 Å². The van der Waals surface area contributed by atoms with Crippen LogP contribution in [-0.4, -0.2) is 126 Å². The van der Waals surface area contributed by atoms with Crippen LogP contribution >= 0.6 is 56.5 Å². The van der Waals surface area contributed by atoms with E-state index in [4.69, 9.17) is 56.3 Å². The van der Waals surface area contributed by atoms with Gasteiger partial charge in [0, 0.05) is 109 Å². The first-order valence-electron chi connectivity index (χ1n) is 22.9. The van der Waals surface area contributed by atoms with Crippen LogP contribution in [0.15, 0.2) is 82.1 Å². The number of nitrogens with zero attached hydrogens (tertiary/aromatic N) is 12. The average Bonchev–Trinajstić information content (AvgIpc) is 4.13. The fourth-order valence-corrected chi connectivity index (χ4v) is 9.32. The number of nitrogens with two attached hydrogens (primary N) is 1. The Labute approximate surface area is 508 Å². The van der Waals surface area contributed by atoms with Crippen molar-refractivity contribution in [3.8, 4) is 23.4 Å². The molecule has 0 unspecified atom stereocenters. The van der Waals surface area contributed by atoms with Crippen LogP contribution in [0.25, 0.3) is 11.6 Å². The number of amides is 1. The molecule has 78 heavy (non-hydrogen) atoms. The normalized spacial score (nSPS) is 12.0. The van der Waals surface area contributed by atoms with Crippen LogP contribution in [-0.2, 0) is 50.2 Å². The molecule has 0 aliphatic heterocycles. The Balaban J connectivity index is 0.000000383. The van der Waals surface area contributed by atoms with E-state index in [0.29, 0.717) is 48.0 Å². The van der Waals surface area contributed by atoms with Gasteiger partial charge in [0.1, 0.15) is 25.0 Å². The summed E-state index contributed by atoms with van der Waals surface area (Å²) in [6.45, 7) is 18.1. The van der Waals surface area contributed by atoms with E-state index in [9.17, 15) is 34.8 Å². The van der Waals surface area contributed by atoms with E-state index in [-0.39, 0.29) is 83.8 Å². The summed E-state index contributed by atoms with van der Waals surface area (Å²) < 4.78 is 99.7. The van der Waals surface area contributed by atoms with Gasteiger partial charge < -0.3 is 14.6 Å². The van der Waals surface area contributed by atoms with E-state index in [1.54, 1.807) is 59.5 Å². The van der Waals surface area contributed by atoms with E-state index in [1.165, 1.54) is 95.8 Å². The number of carbonyl (C=O) groups is 2. The van der Waals surface area contributed by atoms with Crippen LogP contribution in [0.2, 0.25) is 10.3 Å². The van der Waals surface area contributed by atoms with Gasteiger partial charge in [-0.2, -0.15) is 15.3 Å². The van der Waals surface area contributed by atoms with Crippen molar-refractivity contribution in [2.75, 3.05) is 17.5 Å². The number of carboxylic acid groups (broad SMARTS) is 1. The summed E-state index contributed by atoms with van der Waals surface area (Å²) >= 11 is 13.5. The quantitative estimate of drug-likeness (QED) is 0.0407. The molecule has 0 saturated heterocycles. The predicted molar refractivity (Wildman–Crippen MR) is 297 cm³/mol. The van der Waals surface area contributed by atoms with E-state index in [0.717, 1.165) is 0 Å². The molecule has 0 atom stereocenters. The Morgan fingerprint density at radius 1 is 0.692 bits per heavy atom. The number of carbonyl (C=O) groups excluding carboxylic acids is 1. The number of ether oxygens (including phenoxy) is 2. The minimum absolute atomic E-state index is 0. The molecule has 7 aromatic heterocycles. The molecule has 7 rings (SSSR count). The number of sulfonamides is 2. The third-order valence-electron chi connectivity index (χ3n) is 9.04. The van der Waals surface area contributed by atoms with E-state index < -0.39 is 45.3 Å². The van der Waals surface area contributed by atoms with Crippen molar-refractivity contribution in [2.24, 2.45) is 37.1 Å². The summed E-state index contributed by atoms with van der Waals surface area (Å²) in [7, 11) is 3.30. The van der Waals surface area contributed by atoms with Gasteiger partial charge in [-0.25, -0.2) is 59.2 Å². The van der Waals surface area contributed by atoms with Gasteiger partial charge in [-0.1, -0.05) is 87.3 Å². The average molecular weight is 1540 g/mol. The van der Waals surface area contributed by atoms with Gasteiger partial charge in [-0.05, 0) is 60.1 Å². The number of rotatable bonds is 12. The summed E-state index contributed by atoms with van der Waals surface area (Å²) in [6, 6.07) is 9.21. The summed E-state index contributed by atoms with van der Waals surface area (Å²) in [6.07, 6.45) is 7.39. The predicted octanol–water partition coefficient (Wildman–Crippen LogP) is 6.13. The number of aromatic carboxylic acids is 1. The number of alkyl halides is 1. The minimum atomic E-state index is -4.12. The van der Waals surface area contributed by atoms with E-state index >= 15 is 0 Å². The molecule has 7 aromatic rings. The molecule has 0 spiro atoms. The maximum atomic E-state index is 12.5. The van der Waals surface area contributed by atoms with Gasteiger partial charge in [0.25, 0.3) is 25.0 Å². The summed E-state index contributed by atoms with van der Waals surface area (Å²) in [5.74, 6) is -0.345. The van der Waals surface area contributed by atoms with Crippen molar-refractivity contribution in [2.45, 2.75) is 77.0 Å². The monoisotopic (exact) mass is 1540 g/mol. The van der Waals surface area contributed by atoms with Crippen molar-refractivity contribution in [3.05, 3.63) is 106 Å². The molecule has 0 saturated carbocycles. The second-order valence-electron chi connectivity index (χ2n) is 18.5. The van der Waals surface area contributed by atoms with Crippen molar-refractivity contribution >= 4 is 105 Å². The van der Waals surface area contributed by atoms with Crippen LogP contribution < -0.4 is 19.3 Å². The first-order valence-corrected chi connectivity index (χ1v) is 29.1. The number of primary sulfonamides is 1. The molecule has 1 amide bonds. The molecule has 0 aromatic carbocycles. The van der Waals surface area contributed by atoms with Crippen LogP contribution in [0.5, 0.6) is 11.8 Å². The molecule has 4 N–H and O–H groups in total. The topological polar surface area (TPSA) is 328 Å². The molecular formula is C44H57BCl3IN14O11S3U. The van der Waals surface area contributed by atoms with Crippen molar-refractivity contribution in [3.63, 3.8) is 0 Å². The molecule has 0 aliphatic rings. The Hall–Kier alpha value is -4.58. The number of carboxylic acids is 1. The van der Waals surface area contributed by atoms with Crippen LogP contribution in [0, 0.1) is 62.7 Å². The standard InChI is InChI=1S/C19H23ClN6O4S.C14H16ClN3O3.C5H7ClN2O2S.C5H9N3O2S.CH2BI.U/c1-12-14(10-25(5)22-12)31(28,29)24-18(27)13-6-7-15(21-17(13)20)26-9-8-16(23-26)30-11-19(2,3)4;1-14(2,3)8-21-11-6-7-18(17-11)10-5-4-9(13(19)20)12(15)16-10;2*1-4-5(11(6,9)10)3-8(2)7-4;2-1-3;/h6-10H,11H2,1-5H3,(H,24,27);4-7H,8H2,1-3H3,(H,19,20);3H,1-2H3;3H,1-2H3,(H2,6,9,10);1H2;/i;;;;1D2;. The summed E-state index contributed by atoms with van der Waals surface area (Å²) in [4.78, 5) is 31.6. The molecule has 0 aliphatic carbocycles. The zero-order chi connectivity index (χ0) is 60.4.